The molecule has 0 aromatic rings. The summed E-state index contributed by atoms with van der Waals surface area (Å²) in [5.74, 6) is -0.277. The van der Waals surface area contributed by atoms with E-state index in [2.05, 4.69) is 25.3 Å². The first-order valence-electron chi connectivity index (χ1n) is 7.16. The summed E-state index contributed by atoms with van der Waals surface area (Å²) < 4.78 is 5.08. The van der Waals surface area contributed by atoms with E-state index in [4.69, 9.17) is 4.74 Å². The quantitative estimate of drug-likeness (QED) is 0.325. The third-order valence-corrected chi connectivity index (χ3v) is 2.98. The first-order valence-corrected chi connectivity index (χ1v) is 7.16. The van der Waals surface area contributed by atoms with Gasteiger partial charge in [0.05, 0.1) is 6.61 Å². The third kappa shape index (κ3) is 12.4. The van der Waals surface area contributed by atoms with Crippen molar-refractivity contribution in [1.29, 1.82) is 0 Å². The molecule has 0 aromatic heterocycles. The van der Waals surface area contributed by atoms with Crippen LogP contribution in [0.5, 0.6) is 0 Å². The number of halogens is 1. The Hall–Kier alpha value is -0.350. The van der Waals surface area contributed by atoms with Gasteiger partial charge < -0.3 is 9.64 Å². The van der Waals surface area contributed by atoms with Gasteiger partial charge in [0.25, 0.3) is 0 Å². The molecule has 0 fully saturated rings. The minimum atomic E-state index is -0.277. The van der Waals surface area contributed by atoms with E-state index in [0.29, 0.717) is 12.2 Å². The molecule has 19 heavy (non-hydrogen) atoms. The van der Waals surface area contributed by atoms with E-state index in [-0.39, 0.29) is 23.0 Å². The van der Waals surface area contributed by atoms with Crippen molar-refractivity contribution in [2.75, 3.05) is 26.2 Å². The number of esters is 1. The lowest BCUT2D eigenvalue weighted by atomic mass is 10.2. The van der Waals surface area contributed by atoms with Crippen LogP contribution in [0.3, 0.4) is 0 Å². The minimum absolute atomic E-state index is 0. The van der Waals surface area contributed by atoms with Crippen molar-refractivity contribution in [2.45, 2.75) is 52.9 Å². The lowest BCUT2D eigenvalue weighted by Gasteiger charge is -2.20. The predicted octanol–water partition coefficient (Wildman–Crippen LogP) is 3.98. The van der Waals surface area contributed by atoms with Crippen molar-refractivity contribution in [3.8, 4) is 0 Å². The maximum atomic E-state index is 11.2. The van der Waals surface area contributed by atoms with Crippen molar-refractivity contribution < 1.29 is 9.53 Å². The molecular weight excluding hydrogens is 306 g/mol. The molecule has 0 aliphatic rings. The molecule has 0 unspecified atom stereocenters. The van der Waals surface area contributed by atoms with Gasteiger partial charge in [0.2, 0.25) is 0 Å². The van der Waals surface area contributed by atoms with Crippen LogP contribution in [-0.2, 0) is 9.53 Å². The van der Waals surface area contributed by atoms with Crippen LogP contribution >= 0.6 is 17.0 Å². The van der Waals surface area contributed by atoms with E-state index in [1.807, 2.05) is 0 Å². The average molecular weight is 336 g/mol. The Morgan fingerprint density at radius 1 is 1.11 bits per heavy atom. The number of ether oxygens (including phenoxy) is 1. The molecule has 0 aromatic carbocycles. The third-order valence-electron chi connectivity index (χ3n) is 2.98. The van der Waals surface area contributed by atoms with Gasteiger partial charge in [-0.05, 0) is 32.9 Å². The van der Waals surface area contributed by atoms with E-state index in [0.717, 1.165) is 26.1 Å². The van der Waals surface area contributed by atoms with Crippen molar-refractivity contribution in [2.24, 2.45) is 0 Å². The zero-order valence-electron chi connectivity index (χ0n) is 12.7. The van der Waals surface area contributed by atoms with Crippen molar-refractivity contribution in [3.63, 3.8) is 0 Å². The molecule has 0 saturated heterocycles. The van der Waals surface area contributed by atoms with E-state index in [1.54, 1.807) is 6.92 Å². The summed E-state index contributed by atoms with van der Waals surface area (Å²) in [4.78, 5) is 13.6. The number of unbranched alkanes of at least 4 members (excludes halogenated alkanes) is 3. The van der Waals surface area contributed by atoms with Gasteiger partial charge in [0.1, 0.15) is 0 Å². The molecule has 4 heteroatoms. The van der Waals surface area contributed by atoms with Crippen LogP contribution in [0.4, 0.5) is 0 Å². The average Bonchev–Trinajstić information content (AvgIpc) is 2.36. The lowest BCUT2D eigenvalue weighted by molar-refractivity contribution is -0.139. The summed E-state index contributed by atoms with van der Waals surface area (Å²) in [6.07, 6.45) is 6.10. The molecular formula is C15H30BrNO2. The van der Waals surface area contributed by atoms with E-state index in [9.17, 15) is 4.79 Å². The molecule has 0 bridgehead atoms. The Morgan fingerprint density at radius 2 is 1.74 bits per heavy atom. The summed E-state index contributed by atoms with van der Waals surface area (Å²) in [5.41, 5.74) is 0.474. The monoisotopic (exact) mass is 335 g/mol. The number of carbonyl (C=O) groups excluding carboxylic acids is 1. The predicted molar refractivity (Wildman–Crippen MR) is 87.0 cm³/mol. The van der Waals surface area contributed by atoms with Crippen molar-refractivity contribution >= 4 is 23.0 Å². The first-order chi connectivity index (χ1) is 8.61. The highest BCUT2D eigenvalue weighted by atomic mass is 79.9. The molecule has 0 radical (unpaired) electrons. The van der Waals surface area contributed by atoms with Crippen molar-refractivity contribution in [1.82, 2.24) is 4.90 Å². The van der Waals surface area contributed by atoms with Crippen molar-refractivity contribution in [3.05, 3.63) is 12.2 Å². The molecule has 0 rings (SSSR count). The first kappa shape index (κ1) is 21.0. The normalized spacial score (nSPS) is 10.1. The summed E-state index contributed by atoms with van der Waals surface area (Å²) >= 11 is 0. The summed E-state index contributed by atoms with van der Waals surface area (Å²) in [7, 11) is 0. The fourth-order valence-electron chi connectivity index (χ4n) is 1.77. The smallest absolute Gasteiger partial charge is 0.333 e. The van der Waals surface area contributed by atoms with E-state index in [1.165, 1.54) is 25.7 Å². The Morgan fingerprint density at radius 3 is 2.26 bits per heavy atom. The maximum Gasteiger partial charge on any atom is 0.333 e. The fraction of sp³-hybridized carbons (Fsp3) is 0.800. The number of hydrogen-bond acceptors (Lipinski definition) is 3. The van der Waals surface area contributed by atoms with Gasteiger partial charge in [0.15, 0.2) is 0 Å². The lowest BCUT2D eigenvalue weighted by Crippen LogP contribution is -2.26. The zero-order chi connectivity index (χ0) is 13.8. The largest absolute Gasteiger partial charge is 0.462 e. The molecule has 0 amide bonds. The van der Waals surface area contributed by atoms with Crippen LogP contribution in [0.15, 0.2) is 12.2 Å². The van der Waals surface area contributed by atoms with Gasteiger partial charge in [-0.25, -0.2) is 4.79 Å². The second-order valence-electron chi connectivity index (χ2n) is 4.76. The summed E-state index contributed by atoms with van der Waals surface area (Å²) in [6, 6.07) is 0. The number of nitrogens with zero attached hydrogens (tertiary/aromatic N) is 1. The second-order valence-corrected chi connectivity index (χ2v) is 4.76. The van der Waals surface area contributed by atoms with Crippen LogP contribution in [0.1, 0.15) is 52.9 Å². The second kappa shape index (κ2) is 14.1. The topological polar surface area (TPSA) is 29.5 Å². The number of hydrogen-bond donors (Lipinski definition) is 0. The van der Waals surface area contributed by atoms with Crippen LogP contribution in [0, 0.1) is 0 Å². The highest BCUT2D eigenvalue weighted by Crippen LogP contribution is 2.02. The van der Waals surface area contributed by atoms with Crippen LogP contribution in [-0.4, -0.2) is 37.1 Å². The van der Waals surface area contributed by atoms with Gasteiger partial charge >= 0.3 is 5.97 Å². The van der Waals surface area contributed by atoms with Crippen LogP contribution < -0.4 is 0 Å². The SMILES string of the molecule is Br.C=C(C)C(=O)OCCCN(CC)CCCCCC. The van der Waals surface area contributed by atoms with E-state index < -0.39 is 0 Å². The summed E-state index contributed by atoms with van der Waals surface area (Å²) in [6.45, 7) is 13.4. The van der Waals surface area contributed by atoms with Gasteiger partial charge in [-0.15, -0.1) is 17.0 Å². The highest BCUT2D eigenvalue weighted by Gasteiger charge is 2.04. The Balaban J connectivity index is 0. The van der Waals surface area contributed by atoms with Crippen LogP contribution in [0.2, 0.25) is 0 Å². The van der Waals surface area contributed by atoms with Gasteiger partial charge in [-0.3, -0.25) is 0 Å². The van der Waals surface area contributed by atoms with Gasteiger partial charge in [-0.2, -0.15) is 0 Å². The molecule has 114 valence electrons. The Labute approximate surface area is 129 Å². The molecule has 0 saturated carbocycles. The minimum Gasteiger partial charge on any atom is -0.462 e. The molecule has 0 atom stereocenters. The van der Waals surface area contributed by atoms with Gasteiger partial charge in [-0.1, -0.05) is 39.7 Å². The molecule has 0 N–H and O–H groups in total. The maximum absolute atomic E-state index is 11.2. The molecule has 0 spiro atoms. The Bertz CT molecular complexity index is 244. The molecule has 0 aliphatic carbocycles. The molecule has 0 aliphatic heterocycles. The van der Waals surface area contributed by atoms with Gasteiger partial charge in [0, 0.05) is 12.1 Å². The zero-order valence-corrected chi connectivity index (χ0v) is 14.5. The highest BCUT2D eigenvalue weighted by molar-refractivity contribution is 8.93. The standard InChI is InChI=1S/C15H29NO2.BrH/c1-5-7-8-9-11-16(6-2)12-10-13-18-15(17)14(3)4;/h3,5-13H2,1-2,4H3;1H. The fourth-order valence-corrected chi connectivity index (χ4v) is 1.77. The Kier molecular flexibility index (Phi) is 15.5. The number of carbonyl (C=O) groups is 1. The molecule has 0 heterocycles. The number of rotatable bonds is 11. The summed E-state index contributed by atoms with van der Waals surface area (Å²) in [5, 5.41) is 0. The molecule has 3 nitrogen and oxygen atoms in total. The van der Waals surface area contributed by atoms with E-state index >= 15 is 0 Å². The van der Waals surface area contributed by atoms with Crippen LogP contribution in [0.25, 0.3) is 0 Å².